The molecule has 0 spiro atoms. The molecule has 0 saturated heterocycles. The molecule has 0 bridgehead atoms. The molecule has 0 atom stereocenters. The van der Waals surface area contributed by atoms with Crippen LogP contribution in [0.3, 0.4) is 0 Å². The minimum Gasteiger partial charge on any atom is -0.497 e. The number of aromatic nitrogens is 2. The van der Waals surface area contributed by atoms with Crippen LogP contribution >= 0.6 is 0 Å². The van der Waals surface area contributed by atoms with Crippen LogP contribution in [0.1, 0.15) is 22.5 Å². The van der Waals surface area contributed by atoms with Gasteiger partial charge in [0.25, 0.3) is 11.5 Å². The zero-order chi connectivity index (χ0) is 16.4. The summed E-state index contributed by atoms with van der Waals surface area (Å²) in [7, 11) is 3.17. The first-order valence-electron chi connectivity index (χ1n) is 7.26. The van der Waals surface area contributed by atoms with Gasteiger partial charge in [0.1, 0.15) is 17.2 Å². The number of nitrogens with one attached hydrogen (secondary N) is 1. The highest BCUT2D eigenvalue weighted by Crippen LogP contribution is 2.38. The summed E-state index contributed by atoms with van der Waals surface area (Å²) in [6, 6.07) is 6.34. The average molecular weight is 315 g/mol. The molecule has 1 N–H and O–H groups in total. The highest BCUT2D eigenvalue weighted by molar-refractivity contribution is 6.05. The first-order valence-corrected chi connectivity index (χ1v) is 7.26. The summed E-state index contributed by atoms with van der Waals surface area (Å²) >= 11 is 0. The van der Waals surface area contributed by atoms with Crippen molar-refractivity contribution in [1.29, 1.82) is 0 Å². The molecule has 0 aliphatic carbocycles. The SMILES string of the molecule is COc1cc(OC)c2c(c1)N(C(=O)c1ccc(=O)[nH]n1)CCC2. The van der Waals surface area contributed by atoms with E-state index in [-0.39, 0.29) is 17.2 Å². The third-order valence-electron chi connectivity index (χ3n) is 3.86. The van der Waals surface area contributed by atoms with E-state index in [2.05, 4.69) is 10.2 Å². The van der Waals surface area contributed by atoms with Gasteiger partial charge in [-0.05, 0) is 18.9 Å². The number of fused-ring (bicyclic) bond motifs is 1. The molecule has 3 rings (SSSR count). The first kappa shape index (κ1) is 15.1. The van der Waals surface area contributed by atoms with Gasteiger partial charge in [0.15, 0.2) is 0 Å². The van der Waals surface area contributed by atoms with E-state index in [9.17, 15) is 9.59 Å². The lowest BCUT2D eigenvalue weighted by molar-refractivity contribution is 0.0979. The van der Waals surface area contributed by atoms with E-state index in [1.807, 2.05) is 12.1 Å². The van der Waals surface area contributed by atoms with Gasteiger partial charge < -0.3 is 14.4 Å². The van der Waals surface area contributed by atoms with E-state index < -0.39 is 0 Å². The van der Waals surface area contributed by atoms with E-state index in [4.69, 9.17) is 9.47 Å². The number of anilines is 1. The number of hydrogen-bond acceptors (Lipinski definition) is 5. The molecule has 7 heteroatoms. The molecule has 1 amide bonds. The lowest BCUT2D eigenvalue weighted by atomic mass is 9.99. The van der Waals surface area contributed by atoms with Crippen LogP contribution in [0.5, 0.6) is 11.5 Å². The van der Waals surface area contributed by atoms with Crippen molar-refractivity contribution in [3.8, 4) is 11.5 Å². The van der Waals surface area contributed by atoms with Crippen LogP contribution in [0.2, 0.25) is 0 Å². The summed E-state index contributed by atoms with van der Waals surface area (Å²) in [6.07, 6.45) is 1.65. The highest BCUT2D eigenvalue weighted by atomic mass is 16.5. The van der Waals surface area contributed by atoms with Gasteiger partial charge in [-0.1, -0.05) is 0 Å². The molecule has 1 aromatic heterocycles. The number of methoxy groups -OCH3 is 2. The quantitative estimate of drug-likeness (QED) is 0.925. The van der Waals surface area contributed by atoms with Gasteiger partial charge in [-0.15, -0.1) is 0 Å². The predicted octanol–water partition coefficient (Wildman–Crippen LogP) is 1.38. The van der Waals surface area contributed by atoms with Crippen molar-refractivity contribution in [2.24, 2.45) is 0 Å². The monoisotopic (exact) mass is 315 g/mol. The molecular formula is C16H17N3O4. The van der Waals surface area contributed by atoms with Crippen LogP contribution in [0, 0.1) is 0 Å². The number of nitrogens with zero attached hydrogens (tertiary/aromatic N) is 2. The number of ether oxygens (including phenoxy) is 2. The fraction of sp³-hybridized carbons (Fsp3) is 0.312. The molecule has 7 nitrogen and oxygen atoms in total. The smallest absolute Gasteiger partial charge is 0.278 e. The minimum absolute atomic E-state index is 0.194. The predicted molar refractivity (Wildman–Crippen MR) is 84.4 cm³/mol. The van der Waals surface area contributed by atoms with Gasteiger partial charge >= 0.3 is 0 Å². The van der Waals surface area contributed by atoms with Crippen LogP contribution in [0.4, 0.5) is 5.69 Å². The Hall–Kier alpha value is -2.83. The molecule has 0 saturated carbocycles. The molecule has 0 fully saturated rings. The number of carbonyl (C=O) groups is 1. The second-order valence-corrected chi connectivity index (χ2v) is 5.19. The maximum atomic E-state index is 12.7. The largest absolute Gasteiger partial charge is 0.497 e. The maximum absolute atomic E-state index is 12.7. The molecule has 0 radical (unpaired) electrons. The van der Waals surface area contributed by atoms with Gasteiger partial charge in [0, 0.05) is 30.3 Å². The van der Waals surface area contributed by atoms with Crippen LogP contribution in [0.25, 0.3) is 0 Å². The Morgan fingerprint density at radius 2 is 2.09 bits per heavy atom. The van der Waals surface area contributed by atoms with Crippen molar-refractivity contribution >= 4 is 11.6 Å². The summed E-state index contributed by atoms with van der Waals surface area (Å²) in [5.41, 5.74) is 1.57. The van der Waals surface area contributed by atoms with Gasteiger partial charge in [0.2, 0.25) is 0 Å². The molecule has 23 heavy (non-hydrogen) atoms. The Morgan fingerprint density at radius 3 is 2.74 bits per heavy atom. The second-order valence-electron chi connectivity index (χ2n) is 5.19. The highest BCUT2D eigenvalue weighted by Gasteiger charge is 2.27. The van der Waals surface area contributed by atoms with E-state index in [1.54, 1.807) is 19.1 Å². The van der Waals surface area contributed by atoms with Crippen molar-refractivity contribution < 1.29 is 14.3 Å². The molecule has 0 unspecified atom stereocenters. The van der Waals surface area contributed by atoms with Crippen molar-refractivity contribution in [3.05, 3.63) is 45.9 Å². The Balaban J connectivity index is 2.05. The molecular weight excluding hydrogens is 298 g/mol. The van der Waals surface area contributed by atoms with Crippen LogP contribution in [-0.2, 0) is 6.42 Å². The lowest BCUT2D eigenvalue weighted by Crippen LogP contribution is -2.36. The van der Waals surface area contributed by atoms with Crippen molar-refractivity contribution in [3.63, 3.8) is 0 Å². The van der Waals surface area contributed by atoms with Crippen molar-refractivity contribution in [2.75, 3.05) is 25.7 Å². The summed E-state index contributed by atoms with van der Waals surface area (Å²) < 4.78 is 10.7. The van der Waals surface area contributed by atoms with Crippen molar-refractivity contribution in [2.45, 2.75) is 12.8 Å². The van der Waals surface area contributed by atoms with E-state index >= 15 is 0 Å². The van der Waals surface area contributed by atoms with Crippen LogP contribution in [0.15, 0.2) is 29.1 Å². The van der Waals surface area contributed by atoms with Gasteiger partial charge in [-0.2, -0.15) is 5.10 Å². The second kappa shape index (κ2) is 6.12. The number of H-pyrrole nitrogens is 1. The lowest BCUT2D eigenvalue weighted by Gasteiger charge is -2.30. The zero-order valence-electron chi connectivity index (χ0n) is 13.0. The summed E-state index contributed by atoms with van der Waals surface area (Å²) in [6.45, 7) is 0.572. The fourth-order valence-corrected chi connectivity index (χ4v) is 2.75. The first-order chi connectivity index (χ1) is 11.1. The minimum atomic E-state index is -0.344. The summed E-state index contributed by atoms with van der Waals surface area (Å²) in [5, 5.41) is 6.11. The van der Waals surface area contributed by atoms with Gasteiger partial charge in [-0.3, -0.25) is 9.59 Å². The van der Waals surface area contributed by atoms with E-state index in [0.717, 1.165) is 24.1 Å². The molecule has 2 heterocycles. The third-order valence-corrected chi connectivity index (χ3v) is 3.86. The number of amides is 1. The van der Waals surface area contributed by atoms with Crippen LogP contribution < -0.4 is 19.9 Å². The van der Waals surface area contributed by atoms with E-state index in [1.165, 1.54) is 12.1 Å². The number of rotatable bonds is 3. The van der Waals surface area contributed by atoms with Gasteiger partial charge in [0.05, 0.1) is 19.9 Å². The van der Waals surface area contributed by atoms with Crippen LogP contribution in [-0.4, -0.2) is 36.9 Å². The number of hydrogen-bond donors (Lipinski definition) is 1. The fourth-order valence-electron chi connectivity index (χ4n) is 2.75. The average Bonchev–Trinajstić information content (AvgIpc) is 2.60. The Labute approximate surface area is 132 Å². The summed E-state index contributed by atoms with van der Waals surface area (Å²) in [4.78, 5) is 25.5. The Morgan fingerprint density at radius 1 is 1.26 bits per heavy atom. The van der Waals surface area contributed by atoms with Crippen molar-refractivity contribution in [1.82, 2.24) is 10.2 Å². The standard InChI is InChI=1S/C16H17N3O4/c1-22-10-8-13-11(14(9-10)23-2)4-3-7-19(13)16(21)12-5-6-15(20)18-17-12/h5-6,8-9H,3-4,7H2,1-2H3,(H,18,20). The zero-order valence-corrected chi connectivity index (χ0v) is 13.0. The molecule has 1 aliphatic heterocycles. The molecule has 120 valence electrons. The number of benzene rings is 1. The molecule has 1 aromatic carbocycles. The maximum Gasteiger partial charge on any atom is 0.278 e. The Kier molecular flexibility index (Phi) is 4.01. The third kappa shape index (κ3) is 2.77. The van der Waals surface area contributed by atoms with E-state index in [0.29, 0.717) is 18.0 Å². The normalized spacial score (nSPS) is 13.4. The summed E-state index contributed by atoms with van der Waals surface area (Å²) in [5.74, 6) is 1.05. The number of aromatic amines is 1. The number of carbonyl (C=O) groups excluding carboxylic acids is 1. The molecule has 1 aliphatic rings. The Bertz CT molecular complexity index is 780. The molecule has 2 aromatic rings. The van der Waals surface area contributed by atoms with Gasteiger partial charge in [-0.25, -0.2) is 5.10 Å². The topological polar surface area (TPSA) is 84.5 Å².